The van der Waals surface area contributed by atoms with Crippen molar-refractivity contribution in [2.75, 3.05) is 29.5 Å². The van der Waals surface area contributed by atoms with Gasteiger partial charge in [-0.3, -0.25) is 10.1 Å². The molecular weight excluding hydrogens is 353 g/mol. The number of nitriles is 1. The average molecular weight is 367 g/mol. The maximum absolute atomic E-state index is 13.4. The second kappa shape index (κ2) is 5.84. The molecule has 27 heavy (non-hydrogen) atoms. The molecule has 3 heterocycles. The third-order valence-electron chi connectivity index (χ3n) is 4.75. The van der Waals surface area contributed by atoms with Crippen molar-refractivity contribution in [2.45, 2.75) is 5.92 Å². The van der Waals surface area contributed by atoms with Gasteiger partial charge in [0.15, 0.2) is 5.82 Å². The minimum Gasteiger partial charge on any atom is -0.397 e. The summed E-state index contributed by atoms with van der Waals surface area (Å²) in [4.78, 5) is 17.4. The maximum Gasteiger partial charge on any atom is 0.298 e. The van der Waals surface area contributed by atoms with Crippen LogP contribution in [0.15, 0.2) is 35.8 Å². The molecule has 0 spiro atoms. The van der Waals surface area contributed by atoms with Crippen LogP contribution >= 0.6 is 0 Å². The number of nitrogens with two attached hydrogens (primary N) is 2. The van der Waals surface area contributed by atoms with Gasteiger partial charge >= 0.3 is 0 Å². The lowest BCUT2D eigenvalue weighted by molar-refractivity contribution is -0.430. The molecule has 1 aromatic carbocycles. The van der Waals surface area contributed by atoms with Crippen molar-refractivity contribution < 1.29 is 9.31 Å². The highest BCUT2D eigenvalue weighted by Gasteiger charge is 2.46. The Balaban J connectivity index is 2.08. The minimum atomic E-state index is -0.923. The molecule has 2 aliphatic rings. The van der Waals surface area contributed by atoms with Crippen LogP contribution in [0.4, 0.5) is 21.7 Å². The molecule has 2 aromatic rings. The molecule has 136 valence electrons. The summed E-state index contributed by atoms with van der Waals surface area (Å²) in [7, 11) is 0. The van der Waals surface area contributed by atoms with E-state index in [1.807, 2.05) is 6.07 Å². The lowest BCUT2D eigenvalue weighted by atomic mass is 9.84. The van der Waals surface area contributed by atoms with Crippen molar-refractivity contribution in [1.29, 1.82) is 5.26 Å². The molecule has 9 nitrogen and oxygen atoms in total. The first-order valence-corrected chi connectivity index (χ1v) is 8.08. The number of hydrogen-bond acceptors (Lipinski definition) is 8. The zero-order valence-corrected chi connectivity index (χ0v) is 13.9. The molecule has 0 bridgehead atoms. The van der Waals surface area contributed by atoms with Crippen LogP contribution in [-0.2, 0) is 0 Å². The van der Waals surface area contributed by atoms with Crippen LogP contribution in [0.5, 0.6) is 0 Å². The van der Waals surface area contributed by atoms with Crippen LogP contribution in [0.3, 0.4) is 0 Å². The van der Waals surface area contributed by atoms with Crippen molar-refractivity contribution in [1.82, 2.24) is 10.3 Å². The van der Waals surface area contributed by atoms with E-state index in [9.17, 15) is 19.8 Å². The predicted molar refractivity (Wildman–Crippen MR) is 95.4 cm³/mol. The third-order valence-corrected chi connectivity index (χ3v) is 4.75. The summed E-state index contributed by atoms with van der Waals surface area (Å²) in [5, 5.41) is 24.3. The van der Waals surface area contributed by atoms with Gasteiger partial charge in [-0.15, -0.1) is 0 Å². The summed E-state index contributed by atoms with van der Waals surface area (Å²) in [6.07, 6.45) is 0. The molecule has 1 atom stereocenters. The van der Waals surface area contributed by atoms with Gasteiger partial charge in [0.25, 0.3) is 5.70 Å². The van der Waals surface area contributed by atoms with Gasteiger partial charge in [0.2, 0.25) is 0 Å². The van der Waals surface area contributed by atoms with Crippen molar-refractivity contribution in [3.63, 3.8) is 0 Å². The minimum absolute atomic E-state index is 0.0286. The molecule has 4 rings (SSSR count). The molecule has 1 unspecified atom stereocenters. The number of pyridine rings is 1. The predicted octanol–water partition coefficient (Wildman–Crippen LogP) is 1.26. The van der Waals surface area contributed by atoms with E-state index in [-0.39, 0.29) is 22.8 Å². The molecule has 10 heteroatoms. The molecule has 1 fully saturated rings. The number of nitrogens with zero attached hydrogens (tertiary/aromatic N) is 4. The topological polar surface area (TPSA) is 147 Å². The van der Waals surface area contributed by atoms with Crippen molar-refractivity contribution in [3.8, 4) is 6.07 Å². The number of anilines is 3. The Labute approximate surface area is 152 Å². The second-order valence-electron chi connectivity index (χ2n) is 6.19. The van der Waals surface area contributed by atoms with E-state index in [2.05, 4.69) is 10.3 Å². The number of aromatic nitrogens is 1. The summed E-state index contributed by atoms with van der Waals surface area (Å²) >= 11 is 0. The number of allylic oxidation sites excluding steroid dienone is 1. The summed E-state index contributed by atoms with van der Waals surface area (Å²) in [5.74, 6) is -0.761. The van der Waals surface area contributed by atoms with Crippen LogP contribution < -0.4 is 21.7 Å². The molecule has 1 saturated heterocycles. The lowest BCUT2D eigenvalue weighted by Crippen LogP contribution is -2.34. The first kappa shape index (κ1) is 16.6. The van der Waals surface area contributed by atoms with Gasteiger partial charge in [-0.1, -0.05) is 12.1 Å². The second-order valence-corrected chi connectivity index (χ2v) is 6.19. The molecule has 5 N–H and O–H groups in total. The van der Waals surface area contributed by atoms with E-state index in [1.165, 1.54) is 24.3 Å². The highest BCUT2D eigenvalue weighted by atomic mass is 19.1. The molecule has 0 saturated carbocycles. The van der Waals surface area contributed by atoms with E-state index >= 15 is 0 Å². The van der Waals surface area contributed by atoms with Gasteiger partial charge in [0, 0.05) is 18.7 Å². The average Bonchev–Trinajstić information content (AvgIpc) is 3.11. The zero-order valence-electron chi connectivity index (χ0n) is 13.9. The van der Waals surface area contributed by atoms with Crippen LogP contribution in [0.1, 0.15) is 22.6 Å². The Morgan fingerprint density at radius 2 is 2.07 bits per heavy atom. The first-order valence-electron chi connectivity index (χ1n) is 8.08. The number of halogens is 1. The molecule has 2 aliphatic heterocycles. The molecule has 0 amide bonds. The van der Waals surface area contributed by atoms with Gasteiger partial charge in [-0.25, -0.2) is 9.37 Å². The van der Waals surface area contributed by atoms with E-state index in [4.69, 9.17) is 11.5 Å². The van der Waals surface area contributed by atoms with Gasteiger partial charge in [-0.2, -0.15) is 5.26 Å². The van der Waals surface area contributed by atoms with Crippen LogP contribution in [-0.4, -0.2) is 23.0 Å². The van der Waals surface area contributed by atoms with Crippen molar-refractivity contribution in [2.24, 2.45) is 0 Å². The summed E-state index contributed by atoms with van der Waals surface area (Å²) in [6.45, 7) is 0.914. The summed E-state index contributed by atoms with van der Waals surface area (Å²) in [5.41, 5.74) is 12.8. The smallest absolute Gasteiger partial charge is 0.298 e. The fourth-order valence-corrected chi connectivity index (χ4v) is 3.61. The number of nitrogen functional groups attached to an aromatic ring is 2. The standard InChI is InChI=1S/C17H14FN7O2/c18-9-3-1-8(2-4-9)11-12-13(20)10(7-19)15(21)23-16(12)24-6-5-22-17(24)14(11)25(26)27/h1-4,11,22H,5-6H2,(H4,20,21,23). The van der Waals surface area contributed by atoms with Crippen LogP contribution in [0.25, 0.3) is 0 Å². The number of nitrogens with one attached hydrogen (secondary N) is 1. The number of hydrogen-bond donors (Lipinski definition) is 3. The summed E-state index contributed by atoms with van der Waals surface area (Å²) < 4.78 is 13.4. The van der Waals surface area contributed by atoms with Gasteiger partial charge in [-0.05, 0) is 17.7 Å². The number of rotatable bonds is 2. The monoisotopic (exact) mass is 367 g/mol. The maximum atomic E-state index is 13.4. The quantitative estimate of drug-likeness (QED) is 0.531. The van der Waals surface area contributed by atoms with Crippen LogP contribution in [0, 0.1) is 27.3 Å². The normalized spacial score (nSPS) is 17.8. The molecule has 0 aliphatic carbocycles. The van der Waals surface area contributed by atoms with Crippen molar-refractivity contribution in [3.05, 3.63) is 68.4 Å². The zero-order chi connectivity index (χ0) is 19.3. The highest BCUT2D eigenvalue weighted by Crippen LogP contribution is 2.48. The van der Waals surface area contributed by atoms with Gasteiger partial charge in [0.1, 0.15) is 35.0 Å². The highest BCUT2D eigenvalue weighted by molar-refractivity contribution is 5.80. The fraction of sp³-hybridized carbons (Fsp3) is 0.176. The van der Waals surface area contributed by atoms with Crippen LogP contribution in [0.2, 0.25) is 0 Å². The van der Waals surface area contributed by atoms with E-state index in [0.717, 1.165) is 0 Å². The number of nitro groups is 1. The van der Waals surface area contributed by atoms with Gasteiger partial charge < -0.3 is 21.7 Å². The Kier molecular flexibility index (Phi) is 3.59. The third kappa shape index (κ3) is 2.32. The number of fused-ring (bicyclic) bond motifs is 3. The SMILES string of the molecule is N#Cc1c(N)nc2c(c1N)C(c1ccc(F)cc1)C([N+](=O)[O-])=C1NCCN12. The fourth-order valence-electron chi connectivity index (χ4n) is 3.61. The Bertz CT molecular complexity index is 1040. The Morgan fingerprint density at radius 1 is 1.37 bits per heavy atom. The largest absolute Gasteiger partial charge is 0.397 e. The Hall–Kier alpha value is -3.87. The van der Waals surface area contributed by atoms with E-state index in [1.54, 1.807) is 4.90 Å². The number of benzene rings is 1. The molecule has 1 aromatic heterocycles. The molecular formula is C17H14FN7O2. The van der Waals surface area contributed by atoms with E-state index < -0.39 is 16.7 Å². The van der Waals surface area contributed by atoms with Crippen molar-refractivity contribution >= 4 is 17.3 Å². The first-order chi connectivity index (χ1) is 12.9. The Morgan fingerprint density at radius 3 is 2.70 bits per heavy atom. The van der Waals surface area contributed by atoms with Gasteiger partial charge in [0.05, 0.1) is 10.6 Å². The lowest BCUT2D eigenvalue weighted by Gasteiger charge is -2.31. The molecule has 0 radical (unpaired) electrons. The summed E-state index contributed by atoms with van der Waals surface area (Å²) in [6, 6.07) is 7.26. The van der Waals surface area contributed by atoms with E-state index in [0.29, 0.717) is 35.9 Å².